The van der Waals surface area contributed by atoms with Crippen molar-refractivity contribution >= 4 is 17.7 Å². The predicted molar refractivity (Wildman–Crippen MR) is 61.0 cm³/mol. The van der Waals surface area contributed by atoms with Gasteiger partial charge in [0.2, 0.25) is 0 Å². The molecule has 0 spiro atoms. The first-order valence-electron chi connectivity index (χ1n) is 4.87. The molecule has 0 aromatic carbocycles. The van der Waals surface area contributed by atoms with Gasteiger partial charge in [-0.05, 0) is 13.0 Å². The Morgan fingerprint density at radius 3 is 2.94 bits per heavy atom. The molecule has 0 aliphatic carbocycles. The van der Waals surface area contributed by atoms with Crippen molar-refractivity contribution in [3.8, 4) is 0 Å². The number of hydrogen-bond acceptors (Lipinski definition) is 5. The quantitative estimate of drug-likeness (QED) is 0.835. The van der Waals surface area contributed by atoms with Gasteiger partial charge in [-0.1, -0.05) is 11.8 Å². The van der Waals surface area contributed by atoms with E-state index in [1.54, 1.807) is 23.9 Å². The van der Waals surface area contributed by atoms with Gasteiger partial charge in [0.05, 0.1) is 5.75 Å². The number of carboxylic acids is 1. The molecule has 0 saturated carbocycles. The third kappa shape index (κ3) is 2.50. The van der Waals surface area contributed by atoms with Crippen molar-refractivity contribution in [1.82, 2.24) is 14.8 Å². The lowest BCUT2D eigenvalue weighted by atomic mass is 10.2. The number of aryl methyl sites for hydroxylation is 2. The zero-order valence-electron chi connectivity index (χ0n) is 9.38. The average molecular weight is 253 g/mol. The molecule has 90 valence electrons. The molecular weight excluding hydrogens is 242 g/mol. The van der Waals surface area contributed by atoms with Crippen molar-refractivity contribution in [2.24, 2.45) is 7.05 Å². The second-order valence-electron chi connectivity index (χ2n) is 3.50. The Hall–Kier alpha value is -1.76. The Kier molecular flexibility index (Phi) is 3.19. The zero-order valence-corrected chi connectivity index (χ0v) is 10.2. The van der Waals surface area contributed by atoms with Crippen LogP contribution in [0.2, 0.25) is 0 Å². The highest BCUT2D eigenvalue weighted by atomic mass is 32.2. The molecule has 0 bridgehead atoms. The summed E-state index contributed by atoms with van der Waals surface area (Å²) in [4.78, 5) is 10.8. The molecule has 2 aromatic heterocycles. The number of nitrogens with zero attached hydrogens (tertiary/aromatic N) is 3. The highest BCUT2D eigenvalue weighted by Crippen LogP contribution is 2.23. The van der Waals surface area contributed by atoms with E-state index in [4.69, 9.17) is 9.52 Å². The van der Waals surface area contributed by atoms with E-state index >= 15 is 0 Å². The Labute approximate surface area is 102 Å². The summed E-state index contributed by atoms with van der Waals surface area (Å²) in [6.07, 6.45) is 1.61. The monoisotopic (exact) mass is 253 g/mol. The molecule has 0 unspecified atom stereocenters. The molecule has 2 rings (SSSR count). The van der Waals surface area contributed by atoms with Crippen LogP contribution in [-0.4, -0.2) is 25.8 Å². The number of aromatic nitrogens is 3. The minimum absolute atomic E-state index is 0.207. The summed E-state index contributed by atoms with van der Waals surface area (Å²) in [5.41, 5.74) is 0.207. The van der Waals surface area contributed by atoms with Crippen molar-refractivity contribution in [3.63, 3.8) is 0 Å². The van der Waals surface area contributed by atoms with Gasteiger partial charge < -0.3 is 14.1 Å². The second-order valence-corrected chi connectivity index (χ2v) is 4.44. The van der Waals surface area contributed by atoms with Crippen LogP contribution in [0.4, 0.5) is 0 Å². The van der Waals surface area contributed by atoms with E-state index in [2.05, 4.69) is 10.2 Å². The van der Waals surface area contributed by atoms with E-state index < -0.39 is 5.97 Å². The average Bonchev–Trinajstić information content (AvgIpc) is 2.82. The minimum Gasteiger partial charge on any atom is -0.478 e. The lowest BCUT2D eigenvalue weighted by Crippen LogP contribution is -1.95. The van der Waals surface area contributed by atoms with Crippen LogP contribution in [0.15, 0.2) is 22.0 Å². The van der Waals surface area contributed by atoms with E-state index in [0.29, 0.717) is 17.3 Å². The van der Waals surface area contributed by atoms with Crippen LogP contribution in [0.5, 0.6) is 0 Å². The summed E-state index contributed by atoms with van der Waals surface area (Å²) in [6.45, 7) is 1.64. The highest BCUT2D eigenvalue weighted by molar-refractivity contribution is 7.98. The maximum atomic E-state index is 10.8. The van der Waals surface area contributed by atoms with Crippen LogP contribution in [0, 0.1) is 6.92 Å². The van der Waals surface area contributed by atoms with Crippen molar-refractivity contribution in [3.05, 3.63) is 29.5 Å². The Morgan fingerprint density at radius 1 is 1.65 bits per heavy atom. The first kappa shape index (κ1) is 11.7. The number of hydrogen-bond donors (Lipinski definition) is 1. The van der Waals surface area contributed by atoms with Gasteiger partial charge in [0.1, 0.15) is 23.4 Å². The molecule has 0 fully saturated rings. The van der Waals surface area contributed by atoms with Gasteiger partial charge in [0.15, 0.2) is 5.16 Å². The predicted octanol–water partition coefficient (Wildman–Crippen LogP) is 1.71. The molecular formula is C10H11N3O3S. The van der Waals surface area contributed by atoms with Crippen LogP contribution in [-0.2, 0) is 12.8 Å². The van der Waals surface area contributed by atoms with Crippen LogP contribution >= 0.6 is 11.8 Å². The number of aromatic carboxylic acids is 1. The molecule has 2 aromatic rings. The number of rotatable bonds is 4. The van der Waals surface area contributed by atoms with Gasteiger partial charge >= 0.3 is 5.97 Å². The van der Waals surface area contributed by atoms with Crippen molar-refractivity contribution < 1.29 is 14.3 Å². The Bertz CT molecular complexity index is 547. The minimum atomic E-state index is -0.971. The van der Waals surface area contributed by atoms with Crippen molar-refractivity contribution in [1.29, 1.82) is 0 Å². The summed E-state index contributed by atoms with van der Waals surface area (Å²) in [5, 5.41) is 17.3. The lowest BCUT2D eigenvalue weighted by Gasteiger charge is -1.97. The fraction of sp³-hybridized carbons (Fsp3) is 0.300. The van der Waals surface area contributed by atoms with E-state index in [1.165, 1.54) is 11.8 Å². The van der Waals surface area contributed by atoms with Crippen LogP contribution < -0.4 is 0 Å². The molecule has 0 atom stereocenters. The first-order chi connectivity index (χ1) is 8.08. The largest absolute Gasteiger partial charge is 0.478 e. The van der Waals surface area contributed by atoms with Crippen LogP contribution in [0.3, 0.4) is 0 Å². The lowest BCUT2D eigenvalue weighted by molar-refractivity contribution is 0.0695. The molecule has 0 radical (unpaired) electrons. The Morgan fingerprint density at radius 2 is 2.41 bits per heavy atom. The number of thioether (sulfide) groups is 1. The molecule has 2 heterocycles. The molecule has 17 heavy (non-hydrogen) atoms. The SMILES string of the molecule is Cc1oc(CSc2nncn2C)cc1C(=O)O. The molecule has 0 saturated heterocycles. The van der Waals surface area contributed by atoms with Gasteiger partial charge in [0, 0.05) is 7.05 Å². The standard InChI is InChI=1S/C10H11N3O3S/c1-6-8(9(14)15)3-7(16-6)4-17-10-12-11-5-13(10)2/h3,5H,4H2,1-2H3,(H,14,15). The van der Waals surface area contributed by atoms with Crippen LogP contribution in [0.1, 0.15) is 21.9 Å². The summed E-state index contributed by atoms with van der Waals surface area (Å²) in [6, 6.07) is 1.54. The fourth-order valence-corrected chi connectivity index (χ4v) is 2.14. The molecule has 0 amide bonds. The zero-order chi connectivity index (χ0) is 12.4. The summed E-state index contributed by atoms with van der Waals surface area (Å²) in [7, 11) is 1.85. The fourth-order valence-electron chi connectivity index (χ4n) is 1.37. The normalized spacial score (nSPS) is 10.7. The topological polar surface area (TPSA) is 81.2 Å². The maximum absolute atomic E-state index is 10.8. The van der Waals surface area contributed by atoms with Gasteiger partial charge in [-0.25, -0.2) is 4.79 Å². The summed E-state index contributed by atoms with van der Waals surface area (Å²) in [5.74, 6) is 0.598. The van der Waals surface area contributed by atoms with E-state index in [9.17, 15) is 4.79 Å². The number of furan rings is 1. The van der Waals surface area contributed by atoms with Crippen LogP contribution in [0.25, 0.3) is 0 Å². The number of carboxylic acid groups (broad SMARTS) is 1. The van der Waals surface area contributed by atoms with Gasteiger partial charge in [-0.2, -0.15) is 0 Å². The second kappa shape index (κ2) is 4.62. The third-order valence-corrected chi connectivity index (χ3v) is 3.27. The smallest absolute Gasteiger partial charge is 0.339 e. The molecule has 7 heteroatoms. The number of carbonyl (C=O) groups is 1. The third-order valence-electron chi connectivity index (χ3n) is 2.21. The molecule has 6 nitrogen and oxygen atoms in total. The van der Waals surface area contributed by atoms with Gasteiger partial charge in [-0.15, -0.1) is 10.2 Å². The van der Waals surface area contributed by atoms with Crippen molar-refractivity contribution in [2.75, 3.05) is 0 Å². The molecule has 0 aliphatic heterocycles. The molecule has 1 N–H and O–H groups in total. The first-order valence-corrected chi connectivity index (χ1v) is 5.86. The summed E-state index contributed by atoms with van der Waals surface area (Å²) < 4.78 is 7.15. The van der Waals surface area contributed by atoms with E-state index in [0.717, 1.165) is 5.16 Å². The van der Waals surface area contributed by atoms with Gasteiger partial charge in [0.25, 0.3) is 0 Å². The van der Waals surface area contributed by atoms with E-state index in [-0.39, 0.29) is 5.56 Å². The van der Waals surface area contributed by atoms with Crippen molar-refractivity contribution in [2.45, 2.75) is 17.8 Å². The summed E-state index contributed by atoms with van der Waals surface area (Å²) >= 11 is 1.44. The maximum Gasteiger partial charge on any atom is 0.339 e. The Balaban J connectivity index is 2.07. The molecule has 0 aliphatic rings. The van der Waals surface area contributed by atoms with E-state index in [1.807, 2.05) is 7.05 Å². The van der Waals surface area contributed by atoms with Gasteiger partial charge in [-0.3, -0.25) is 0 Å². The highest BCUT2D eigenvalue weighted by Gasteiger charge is 2.14.